The zero-order valence-corrected chi connectivity index (χ0v) is 12.8. The van der Waals surface area contributed by atoms with Crippen LogP contribution in [0, 0.1) is 11.8 Å². The quantitative estimate of drug-likeness (QED) is 0.735. The highest BCUT2D eigenvalue weighted by atomic mass is 35.5. The number of carbonyl (C=O) groups excluding carboxylic acids is 1. The van der Waals surface area contributed by atoms with Crippen molar-refractivity contribution in [3.05, 3.63) is 33.8 Å². The highest BCUT2D eigenvalue weighted by molar-refractivity contribution is 6.33. The Labute approximate surface area is 125 Å². The largest absolute Gasteiger partial charge is 0.299 e. The van der Waals surface area contributed by atoms with Gasteiger partial charge in [-0.05, 0) is 42.5 Å². The second-order valence-corrected chi connectivity index (χ2v) is 6.36. The summed E-state index contributed by atoms with van der Waals surface area (Å²) in [5, 5.41) is 1.28. The van der Waals surface area contributed by atoms with Crippen molar-refractivity contribution in [2.75, 3.05) is 0 Å². The molecule has 2 rings (SSSR count). The molecule has 1 aromatic rings. The molecule has 1 saturated carbocycles. The first kappa shape index (κ1) is 14.9. The molecule has 1 fully saturated rings. The van der Waals surface area contributed by atoms with E-state index in [1.807, 2.05) is 6.07 Å². The van der Waals surface area contributed by atoms with Gasteiger partial charge < -0.3 is 0 Å². The van der Waals surface area contributed by atoms with Crippen molar-refractivity contribution in [1.29, 1.82) is 0 Å². The molecule has 1 aromatic carbocycles. The molecule has 2 unspecified atom stereocenters. The summed E-state index contributed by atoms with van der Waals surface area (Å²) in [6.45, 7) is 2.21. The summed E-state index contributed by atoms with van der Waals surface area (Å²) in [7, 11) is 0. The lowest BCUT2D eigenvalue weighted by Crippen LogP contribution is -2.24. The lowest BCUT2D eigenvalue weighted by molar-refractivity contribution is -0.123. The maximum atomic E-state index is 12.4. The van der Waals surface area contributed by atoms with Crippen LogP contribution in [0.5, 0.6) is 0 Å². The van der Waals surface area contributed by atoms with Gasteiger partial charge in [0.2, 0.25) is 0 Å². The van der Waals surface area contributed by atoms with Gasteiger partial charge in [-0.1, -0.05) is 49.4 Å². The van der Waals surface area contributed by atoms with E-state index in [1.165, 1.54) is 19.3 Å². The smallest absolute Gasteiger partial charge is 0.140 e. The van der Waals surface area contributed by atoms with E-state index in [9.17, 15) is 4.79 Å². The van der Waals surface area contributed by atoms with Crippen molar-refractivity contribution in [1.82, 2.24) is 0 Å². The van der Waals surface area contributed by atoms with Crippen LogP contribution in [0.2, 0.25) is 10.0 Å². The third kappa shape index (κ3) is 3.97. The molecule has 1 nitrogen and oxygen atoms in total. The number of hydrogen-bond donors (Lipinski definition) is 0. The van der Waals surface area contributed by atoms with Crippen LogP contribution in [0.1, 0.15) is 44.6 Å². The Hall–Kier alpha value is -0.530. The standard InChI is InChI=1S/C16H20Cl2O/c1-2-11-4-3-5-12(8-11)16(19)10-13-9-14(17)6-7-15(13)18/h6-7,9,11-12H,2-5,8,10H2,1H3. The van der Waals surface area contributed by atoms with Crippen LogP contribution in [0.4, 0.5) is 0 Å². The first-order valence-electron chi connectivity index (χ1n) is 7.06. The van der Waals surface area contributed by atoms with Crippen LogP contribution in [-0.4, -0.2) is 5.78 Å². The molecule has 3 heteroatoms. The van der Waals surface area contributed by atoms with Gasteiger partial charge in [-0.3, -0.25) is 4.79 Å². The number of rotatable bonds is 4. The van der Waals surface area contributed by atoms with Gasteiger partial charge in [-0.2, -0.15) is 0 Å². The first-order valence-corrected chi connectivity index (χ1v) is 7.82. The van der Waals surface area contributed by atoms with Crippen LogP contribution >= 0.6 is 23.2 Å². The van der Waals surface area contributed by atoms with E-state index in [4.69, 9.17) is 23.2 Å². The highest BCUT2D eigenvalue weighted by Crippen LogP contribution is 2.32. The van der Waals surface area contributed by atoms with Crippen LogP contribution < -0.4 is 0 Å². The zero-order valence-electron chi connectivity index (χ0n) is 11.3. The number of hydrogen-bond acceptors (Lipinski definition) is 1. The van der Waals surface area contributed by atoms with Gasteiger partial charge in [-0.15, -0.1) is 0 Å². The molecular formula is C16H20Cl2O. The normalized spacial score (nSPS) is 23.3. The fourth-order valence-corrected chi connectivity index (χ4v) is 3.34. The fraction of sp³-hybridized carbons (Fsp3) is 0.562. The van der Waals surface area contributed by atoms with E-state index in [-0.39, 0.29) is 5.92 Å². The van der Waals surface area contributed by atoms with Crippen LogP contribution in [0.15, 0.2) is 18.2 Å². The van der Waals surface area contributed by atoms with Crippen molar-refractivity contribution in [3.8, 4) is 0 Å². The molecule has 1 aliphatic rings. The Morgan fingerprint density at radius 2 is 2.11 bits per heavy atom. The number of carbonyl (C=O) groups is 1. The summed E-state index contributed by atoms with van der Waals surface area (Å²) in [4.78, 5) is 12.4. The first-order chi connectivity index (χ1) is 9.10. The molecule has 2 atom stereocenters. The molecule has 19 heavy (non-hydrogen) atoms. The third-order valence-corrected chi connectivity index (χ3v) is 4.79. The van der Waals surface area contributed by atoms with Crippen molar-refractivity contribution >= 4 is 29.0 Å². The number of benzene rings is 1. The van der Waals surface area contributed by atoms with Crippen LogP contribution in [0.25, 0.3) is 0 Å². The Balaban J connectivity index is 2.02. The van der Waals surface area contributed by atoms with Gasteiger partial charge in [0.15, 0.2) is 0 Å². The summed E-state index contributed by atoms with van der Waals surface area (Å²) >= 11 is 12.1. The Bertz CT molecular complexity index is 456. The predicted octanol–water partition coefficient (Wildman–Crippen LogP) is 5.32. The van der Waals surface area contributed by atoms with E-state index in [2.05, 4.69) is 6.92 Å². The third-order valence-electron chi connectivity index (χ3n) is 4.19. The Kier molecular flexibility index (Phi) is 5.29. The van der Waals surface area contributed by atoms with E-state index in [0.717, 1.165) is 24.3 Å². The average molecular weight is 299 g/mol. The minimum absolute atomic E-state index is 0.216. The molecule has 1 aliphatic carbocycles. The van der Waals surface area contributed by atoms with E-state index in [0.29, 0.717) is 22.2 Å². The number of halogens is 2. The van der Waals surface area contributed by atoms with Crippen molar-refractivity contribution < 1.29 is 4.79 Å². The van der Waals surface area contributed by atoms with Crippen molar-refractivity contribution in [2.24, 2.45) is 11.8 Å². The lowest BCUT2D eigenvalue weighted by atomic mass is 9.77. The van der Waals surface area contributed by atoms with E-state index in [1.54, 1.807) is 12.1 Å². The molecule has 0 aromatic heterocycles. The molecule has 104 valence electrons. The summed E-state index contributed by atoms with van der Waals surface area (Å²) in [6.07, 6.45) is 6.14. The van der Waals surface area contributed by atoms with Crippen LogP contribution in [-0.2, 0) is 11.2 Å². The Morgan fingerprint density at radius 1 is 1.32 bits per heavy atom. The van der Waals surface area contributed by atoms with E-state index >= 15 is 0 Å². The second kappa shape index (κ2) is 6.76. The van der Waals surface area contributed by atoms with Gasteiger partial charge in [0.25, 0.3) is 0 Å². The molecule has 0 radical (unpaired) electrons. The molecule has 0 bridgehead atoms. The highest BCUT2D eigenvalue weighted by Gasteiger charge is 2.26. The second-order valence-electron chi connectivity index (χ2n) is 5.52. The molecule has 0 amide bonds. The number of ketones is 1. The van der Waals surface area contributed by atoms with E-state index < -0.39 is 0 Å². The molecule has 0 spiro atoms. The monoisotopic (exact) mass is 298 g/mol. The van der Waals surface area contributed by atoms with Gasteiger partial charge >= 0.3 is 0 Å². The van der Waals surface area contributed by atoms with Gasteiger partial charge in [-0.25, -0.2) is 0 Å². The summed E-state index contributed by atoms with van der Waals surface area (Å²) in [6, 6.07) is 5.33. The maximum Gasteiger partial charge on any atom is 0.140 e. The zero-order chi connectivity index (χ0) is 13.8. The average Bonchev–Trinajstić information content (AvgIpc) is 2.43. The lowest BCUT2D eigenvalue weighted by Gasteiger charge is -2.27. The van der Waals surface area contributed by atoms with Gasteiger partial charge in [0.1, 0.15) is 5.78 Å². The fourth-order valence-electron chi connectivity index (χ4n) is 2.97. The molecule has 0 heterocycles. The molecular weight excluding hydrogens is 279 g/mol. The topological polar surface area (TPSA) is 17.1 Å². The van der Waals surface area contributed by atoms with Crippen LogP contribution in [0.3, 0.4) is 0 Å². The summed E-state index contributed by atoms with van der Waals surface area (Å²) in [5.74, 6) is 1.26. The molecule has 0 saturated heterocycles. The number of Topliss-reactive ketones (excluding diaryl/α,β-unsaturated/α-hetero) is 1. The maximum absolute atomic E-state index is 12.4. The van der Waals surface area contributed by atoms with Crippen molar-refractivity contribution in [2.45, 2.75) is 45.4 Å². The molecule has 0 aliphatic heterocycles. The summed E-state index contributed by atoms with van der Waals surface area (Å²) < 4.78 is 0. The minimum atomic E-state index is 0.216. The summed E-state index contributed by atoms with van der Waals surface area (Å²) in [5.41, 5.74) is 0.859. The molecule has 0 N–H and O–H groups in total. The SMILES string of the molecule is CCC1CCCC(C(=O)Cc2cc(Cl)ccc2Cl)C1. The predicted molar refractivity (Wildman–Crippen MR) is 80.9 cm³/mol. The minimum Gasteiger partial charge on any atom is -0.299 e. The Morgan fingerprint density at radius 3 is 2.84 bits per heavy atom. The van der Waals surface area contributed by atoms with Gasteiger partial charge in [0.05, 0.1) is 0 Å². The van der Waals surface area contributed by atoms with Gasteiger partial charge in [0, 0.05) is 22.4 Å². The van der Waals surface area contributed by atoms with Crippen molar-refractivity contribution in [3.63, 3.8) is 0 Å².